The molecule has 0 amide bonds. The monoisotopic (exact) mass is 156 g/mol. The van der Waals surface area contributed by atoms with Gasteiger partial charge in [0, 0.05) is 5.56 Å². The molecule has 0 radical (unpaired) electrons. The molecule has 0 aliphatic heterocycles. The van der Waals surface area contributed by atoms with Crippen molar-refractivity contribution in [1.29, 1.82) is 0 Å². The van der Waals surface area contributed by atoms with Crippen molar-refractivity contribution in [2.45, 2.75) is 25.2 Å². The Bertz CT molecular complexity index is 337. The lowest BCUT2D eigenvalue weighted by molar-refractivity contribution is 0.785. The van der Waals surface area contributed by atoms with Crippen LogP contribution in [0.2, 0.25) is 0 Å². The highest BCUT2D eigenvalue weighted by Crippen LogP contribution is 2.48. The van der Waals surface area contributed by atoms with Crippen molar-refractivity contribution in [1.82, 2.24) is 0 Å². The van der Waals surface area contributed by atoms with E-state index in [4.69, 9.17) is 6.42 Å². The second-order valence-electron chi connectivity index (χ2n) is 3.75. The van der Waals surface area contributed by atoms with Crippen LogP contribution in [0.1, 0.15) is 30.9 Å². The lowest BCUT2D eigenvalue weighted by Gasteiger charge is -2.10. The zero-order valence-corrected chi connectivity index (χ0v) is 7.30. The van der Waals surface area contributed by atoms with Gasteiger partial charge in [0.15, 0.2) is 0 Å². The van der Waals surface area contributed by atoms with Gasteiger partial charge in [0.1, 0.15) is 0 Å². The van der Waals surface area contributed by atoms with Crippen molar-refractivity contribution in [3.05, 3.63) is 35.4 Å². The third-order valence-electron chi connectivity index (χ3n) is 2.73. The zero-order chi connectivity index (χ0) is 8.60. The first-order valence-electron chi connectivity index (χ1n) is 4.32. The fourth-order valence-corrected chi connectivity index (χ4v) is 1.59. The normalized spacial score (nSPS) is 18.3. The van der Waals surface area contributed by atoms with E-state index in [9.17, 15) is 0 Å². The van der Waals surface area contributed by atoms with Crippen molar-refractivity contribution in [3.8, 4) is 12.3 Å². The molecule has 0 bridgehead atoms. The van der Waals surface area contributed by atoms with Gasteiger partial charge in [-0.3, -0.25) is 0 Å². The first-order valence-corrected chi connectivity index (χ1v) is 4.32. The predicted molar refractivity (Wildman–Crippen MR) is 51.0 cm³/mol. The second kappa shape index (κ2) is 2.38. The van der Waals surface area contributed by atoms with Crippen LogP contribution in [0, 0.1) is 12.3 Å². The number of hydrogen-bond acceptors (Lipinski definition) is 0. The van der Waals surface area contributed by atoms with Gasteiger partial charge in [0.05, 0.1) is 0 Å². The molecule has 1 fully saturated rings. The fraction of sp³-hybridized carbons (Fsp3) is 0.333. The lowest BCUT2D eigenvalue weighted by Crippen LogP contribution is -2.02. The first kappa shape index (κ1) is 7.43. The van der Waals surface area contributed by atoms with Crippen LogP contribution in [-0.4, -0.2) is 0 Å². The van der Waals surface area contributed by atoms with Gasteiger partial charge >= 0.3 is 0 Å². The van der Waals surface area contributed by atoms with E-state index in [1.54, 1.807) is 0 Å². The van der Waals surface area contributed by atoms with Crippen LogP contribution < -0.4 is 0 Å². The van der Waals surface area contributed by atoms with Gasteiger partial charge in [0.25, 0.3) is 0 Å². The van der Waals surface area contributed by atoms with E-state index in [-0.39, 0.29) is 0 Å². The maximum absolute atomic E-state index is 5.43. The van der Waals surface area contributed by atoms with Crippen LogP contribution in [0.25, 0.3) is 0 Å². The van der Waals surface area contributed by atoms with Gasteiger partial charge in [-0.25, -0.2) is 0 Å². The lowest BCUT2D eigenvalue weighted by atomic mass is 9.93. The number of benzene rings is 1. The number of hydrogen-bond donors (Lipinski definition) is 0. The molecule has 60 valence electrons. The average molecular weight is 156 g/mol. The zero-order valence-electron chi connectivity index (χ0n) is 7.30. The summed E-state index contributed by atoms with van der Waals surface area (Å²) in [7, 11) is 0. The minimum atomic E-state index is 0.392. The Kier molecular flexibility index (Phi) is 1.48. The Morgan fingerprint density at radius 1 is 1.33 bits per heavy atom. The molecule has 1 saturated carbocycles. The Morgan fingerprint density at radius 3 is 2.58 bits per heavy atom. The summed E-state index contributed by atoms with van der Waals surface area (Å²) in [6.07, 6.45) is 7.99. The summed E-state index contributed by atoms with van der Waals surface area (Å²) >= 11 is 0. The summed E-state index contributed by atoms with van der Waals surface area (Å²) < 4.78 is 0. The highest BCUT2D eigenvalue weighted by atomic mass is 14.4. The summed E-state index contributed by atoms with van der Waals surface area (Å²) in [6.45, 7) is 2.28. The molecule has 1 aliphatic carbocycles. The van der Waals surface area contributed by atoms with Crippen molar-refractivity contribution >= 4 is 0 Å². The Morgan fingerprint density at radius 2 is 2.00 bits per heavy atom. The van der Waals surface area contributed by atoms with E-state index in [1.165, 1.54) is 18.4 Å². The van der Waals surface area contributed by atoms with Crippen LogP contribution in [-0.2, 0) is 5.41 Å². The van der Waals surface area contributed by atoms with Crippen molar-refractivity contribution in [3.63, 3.8) is 0 Å². The molecule has 2 rings (SSSR count). The molecule has 1 aliphatic rings. The molecule has 0 spiro atoms. The van der Waals surface area contributed by atoms with E-state index < -0.39 is 0 Å². The SMILES string of the molecule is C#Cc1ccccc1C1(C)CC1. The van der Waals surface area contributed by atoms with Crippen LogP contribution in [0.15, 0.2) is 24.3 Å². The van der Waals surface area contributed by atoms with Crippen LogP contribution >= 0.6 is 0 Å². The minimum absolute atomic E-state index is 0.392. The van der Waals surface area contributed by atoms with Gasteiger partial charge < -0.3 is 0 Å². The summed E-state index contributed by atoms with van der Waals surface area (Å²) in [5, 5.41) is 0. The van der Waals surface area contributed by atoms with Gasteiger partial charge in [-0.2, -0.15) is 0 Å². The Hall–Kier alpha value is -1.22. The van der Waals surface area contributed by atoms with Crippen LogP contribution in [0.4, 0.5) is 0 Å². The molecule has 1 aromatic carbocycles. The summed E-state index contributed by atoms with van der Waals surface area (Å²) in [5.74, 6) is 2.74. The third kappa shape index (κ3) is 1.02. The van der Waals surface area contributed by atoms with Crippen LogP contribution in [0.3, 0.4) is 0 Å². The van der Waals surface area contributed by atoms with Gasteiger partial charge in [-0.1, -0.05) is 31.0 Å². The summed E-state index contributed by atoms with van der Waals surface area (Å²) in [5.41, 5.74) is 2.81. The summed E-state index contributed by atoms with van der Waals surface area (Å²) in [6, 6.07) is 8.26. The Balaban J connectivity index is 2.50. The molecule has 0 aromatic heterocycles. The Labute approximate surface area is 73.6 Å². The summed E-state index contributed by atoms with van der Waals surface area (Å²) in [4.78, 5) is 0. The van der Waals surface area contributed by atoms with E-state index in [0.717, 1.165) is 5.56 Å². The number of rotatable bonds is 1. The van der Waals surface area contributed by atoms with Gasteiger partial charge in [-0.15, -0.1) is 6.42 Å². The minimum Gasteiger partial charge on any atom is -0.115 e. The molecule has 1 aromatic rings. The highest BCUT2D eigenvalue weighted by molar-refractivity contribution is 5.46. The first-order chi connectivity index (χ1) is 5.76. The molecule has 0 atom stereocenters. The predicted octanol–water partition coefficient (Wildman–Crippen LogP) is 2.72. The maximum atomic E-state index is 5.43. The standard InChI is InChI=1S/C12H12/c1-3-10-6-4-5-7-11(10)12(2)8-9-12/h1,4-7H,8-9H2,2H3. The molecular weight excluding hydrogens is 144 g/mol. The average Bonchev–Trinajstić information content (AvgIpc) is 2.85. The molecular formula is C12H12. The van der Waals surface area contributed by atoms with Gasteiger partial charge in [0.2, 0.25) is 0 Å². The maximum Gasteiger partial charge on any atom is 0.0280 e. The quantitative estimate of drug-likeness (QED) is 0.548. The molecule has 0 N–H and O–H groups in total. The topological polar surface area (TPSA) is 0 Å². The van der Waals surface area contributed by atoms with Crippen molar-refractivity contribution in [2.75, 3.05) is 0 Å². The molecule has 0 saturated heterocycles. The van der Waals surface area contributed by atoms with E-state index in [0.29, 0.717) is 5.41 Å². The van der Waals surface area contributed by atoms with E-state index >= 15 is 0 Å². The van der Waals surface area contributed by atoms with E-state index in [2.05, 4.69) is 25.0 Å². The van der Waals surface area contributed by atoms with E-state index in [1.807, 2.05) is 12.1 Å². The molecule has 12 heavy (non-hydrogen) atoms. The smallest absolute Gasteiger partial charge is 0.0280 e. The van der Waals surface area contributed by atoms with Crippen LogP contribution in [0.5, 0.6) is 0 Å². The second-order valence-corrected chi connectivity index (χ2v) is 3.75. The molecule has 0 nitrogen and oxygen atoms in total. The molecule has 0 unspecified atom stereocenters. The highest BCUT2D eigenvalue weighted by Gasteiger charge is 2.40. The largest absolute Gasteiger partial charge is 0.115 e. The van der Waals surface area contributed by atoms with Crippen molar-refractivity contribution < 1.29 is 0 Å². The third-order valence-corrected chi connectivity index (χ3v) is 2.73. The fourth-order valence-electron chi connectivity index (χ4n) is 1.59. The van der Waals surface area contributed by atoms with Crippen molar-refractivity contribution in [2.24, 2.45) is 0 Å². The number of terminal acetylenes is 1. The molecule has 0 heteroatoms. The molecule has 0 heterocycles. The van der Waals surface area contributed by atoms with Gasteiger partial charge in [-0.05, 0) is 29.9 Å².